The number of hydrogen-bond donors (Lipinski definition) is 3. The zero-order valence-electron chi connectivity index (χ0n) is 27.7. The number of pyridine rings is 1. The van der Waals surface area contributed by atoms with Crippen LogP contribution in [0.5, 0.6) is 0 Å². The van der Waals surface area contributed by atoms with Gasteiger partial charge in [0.1, 0.15) is 11.6 Å². The third-order valence-electron chi connectivity index (χ3n) is 8.40. The summed E-state index contributed by atoms with van der Waals surface area (Å²) in [7, 11) is 0. The van der Waals surface area contributed by atoms with E-state index in [1.807, 2.05) is 20.8 Å². The molecule has 3 N–H and O–H groups in total. The van der Waals surface area contributed by atoms with E-state index in [9.17, 15) is 31.5 Å². The van der Waals surface area contributed by atoms with Crippen molar-refractivity contribution in [3.8, 4) is 0 Å². The Labute approximate surface area is 267 Å². The van der Waals surface area contributed by atoms with Crippen LogP contribution in [0, 0.1) is 0 Å². The molecule has 0 radical (unpaired) electrons. The molecular formula is C32H47F5N6O3. The van der Waals surface area contributed by atoms with Crippen LogP contribution in [0.25, 0.3) is 0 Å². The fourth-order valence-corrected chi connectivity index (χ4v) is 5.22. The summed E-state index contributed by atoms with van der Waals surface area (Å²) in [6.45, 7) is 13.3. The molecule has 1 aliphatic carbocycles. The number of anilines is 2. The van der Waals surface area contributed by atoms with Gasteiger partial charge in [-0.05, 0) is 52.7 Å². The van der Waals surface area contributed by atoms with Crippen molar-refractivity contribution < 1.29 is 36.1 Å². The molecule has 2 aromatic heterocycles. The topological polar surface area (TPSA) is 112 Å². The minimum atomic E-state index is -4.43. The quantitative estimate of drug-likeness (QED) is 0.271. The van der Waals surface area contributed by atoms with E-state index in [4.69, 9.17) is 4.52 Å². The maximum atomic E-state index is 13.3. The molecule has 2 amide bonds. The average molecular weight is 659 g/mol. The molecule has 9 nitrogen and oxygen atoms in total. The lowest BCUT2D eigenvalue weighted by molar-refractivity contribution is -0.137. The molecule has 1 saturated heterocycles. The molecule has 0 unspecified atom stereocenters. The molecule has 0 aromatic carbocycles. The molecule has 46 heavy (non-hydrogen) atoms. The van der Waals surface area contributed by atoms with Crippen LogP contribution in [0.1, 0.15) is 105 Å². The second-order valence-corrected chi connectivity index (χ2v) is 14.2. The lowest BCUT2D eigenvalue weighted by Gasteiger charge is -2.41. The first-order valence-electron chi connectivity index (χ1n) is 15.6. The van der Waals surface area contributed by atoms with E-state index in [2.05, 4.69) is 26.1 Å². The maximum absolute atomic E-state index is 13.3. The van der Waals surface area contributed by atoms with Crippen molar-refractivity contribution in [2.75, 3.05) is 23.7 Å². The number of piperidine rings is 1. The molecule has 1 aliphatic heterocycles. The van der Waals surface area contributed by atoms with Crippen LogP contribution in [0.4, 0.5) is 33.6 Å². The van der Waals surface area contributed by atoms with Crippen LogP contribution in [0.3, 0.4) is 0 Å². The third-order valence-corrected chi connectivity index (χ3v) is 8.40. The van der Waals surface area contributed by atoms with Crippen molar-refractivity contribution in [2.24, 2.45) is 0 Å². The summed E-state index contributed by atoms with van der Waals surface area (Å²) in [5.74, 6) is -2.09. The first-order valence-corrected chi connectivity index (χ1v) is 15.6. The zero-order valence-corrected chi connectivity index (χ0v) is 27.7. The largest absolute Gasteiger partial charge is 0.417 e. The predicted octanol–water partition coefficient (Wildman–Crippen LogP) is 7.16. The number of likely N-dealkylation sites (tertiary alicyclic amines) is 1. The van der Waals surface area contributed by atoms with E-state index < -0.39 is 28.7 Å². The summed E-state index contributed by atoms with van der Waals surface area (Å²) in [5.41, 5.74) is -2.75. The first kappa shape index (κ1) is 37.3. The van der Waals surface area contributed by atoms with E-state index in [-0.39, 0.29) is 49.0 Å². The Morgan fingerprint density at radius 2 is 1.48 bits per heavy atom. The average Bonchev–Trinajstić information content (AvgIpc) is 3.43. The van der Waals surface area contributed by atoms with Crippen LogP contribution >= 0.6 is 0 Å². The Hall–Kier alpha value is -3.13. The van der Waals surface area contributed by atoms with Crippen LogP contribution in [0.15, 0.2) is 28.9 Å². The van der Waals surface area contributed by atoms with Crippen LogP contribution in [-0.4, -0.2) is 63.0 Å². The Kier molecular flexibility index (Phi) is 11.6. The normalized spacial score (nSPS) is 18.3. The van der Waals surface area contributed by atoms with Crippen molar-refractivity contribution in [1.29, 1.82) is 0 Å². The van der Waals surface area contributed by atoms with Crippen LogP contribution < -0.4 is 16.0 Å². The van der Waals surface area contributed by atoms with Crippen molar-refractivity contribution in [3.63, 3.8) is 0 Å². The van der Waals surface area contributed by atoms with Gasteiger partial charge in [-0.15, -0.1) is 0 Å². The Morgan fingerprint density at radius 1 is 0.891 bits per heavy atom. The second-order valence-electron chi connectivity index (χ2n) is 14.2. The lowest BCUT2D eigenvalue weighted by atomic mass is 9.92. The highest BCUT2D eigenvalue weighted by Gasteiger charge is 2.42. The van der Waals surface area contributed by atoms with Gasteiger partial charge in [-0.3, -0.25) is 14.5 Å². The SMILES string of the molecule is CC(C)(C)c1cc(NC(=O)C(C)(C)N2CCC(F)(F)CC2)no1.CC(C)(NC1CCCCC1)C(=O)Nc1ccc(C(F)(F)F)cn1. The van der Waals surface area contributed by atoms with Gasteiger partial charge >= 0.3 is 6.18 Å². The first-order chi connectivity index (χ1) is 21.1. The van der Waals surface area contributed by atoms with Gasteiger partial charge in [-0.25, -0.2) is 13.8 Å². The minimum Gasteiger partial charge on any atom is -0.359 e. The highest BCUT2D eigenvalue weighted by Crippen LogP contribution is 2.32. The predicted molar refractivity (Wildman–Crippen MR) is 166 cm³/mol. The smallest absolute Gasteiger partial charge is 0.359 e. The number of carbonyl (C=O) groups excluding carboxylic acids is 2. The van der Waals surface area contributed by atoms with Crippen LogP contribution in [0.2, 0.25) is 0 Å². The van der Waals surface area contributed by atoms with E-state index >= 15 is 0 Å². The van der Waals surface area contributed by atoms with Crippen LogP contribution in [-0.2, 0) is 21.2 Å². The van der Waals surface area contributed by atoms with E-state index in [1.165, 1.54) is 6.42 Å². The zero-order chi connectivity index (χ0) is 34.6. The number of rotatable bonds is 7. The van der Waals surface area contributed by atoms with Gasteiger partial charge in [0.2, 0.25) is 11.8 Å². The Bertz CT molecular complexity index is 1300. The summed E-state index contributed by atoms with van der Waals surface area (Å²) in [6.07, 6.45) is 1.44. The number of amides is 2. The summed E-state index contributed by atoms with van der Waals surface area (Å²) in [5, 5.41) is 12.5. The van der Waals surface area contributed by atoms with Gasteiger partial charge in [0.05, 0.1) is 16.6 Å². The molecule has 0 bridgehead atoms. The summed E-state index contributed by atoms with van der Waals surface area (Å²) >= 11 is 0. The molecule has 0 spiro atoms. The molecule has 2 fully saturated rings. The van der Waals surface area contributed by atoms with E-state index in [1.54, 1.807) is 38.7 Å². The highest BCUT2D eigenvalue weighted by molar-refractivity contribution is 5.97. The van der Waals surface area contributed by atoms with E-state index in [0.717, 1.165) is 44.0 Å². The molecule has 2 aromatic rings. The lowest BCUT2D eigenvalue weighted by Crippen LogP contribution is -2.56. The number of hydrogen-bond acceptors (Lipinski definition) is 7. The van der Waals surface area contributed by atoms with Crippen molar-refractivity contribution in [3.05, 3.63) is 35.7 Å². The number of halogens is 5. The van der Waals surface area contributed by atoms with Crippen molar-refractivity contribution in [2.45, 2.75) is 128 Å². The number of alkyl halides is 5. The van der Waals surface area contributed by atoms with Gasteiger partial charge < -0.3 is 20.5 Å². The fourth-order valence-electron chi connectivity index (χ4n) is 5.22. The summed E-state index contributed by atoms with van der Waals surface area (Å²) in [4.78, 5) is 30.3. The Balaban J connectivity index is 0.000000250. The maximum Gasteiger partial charge on any atom is 0.417 e. The second kappa shape index (κ2) is 14.3. The monoisotopic (exact) mass is 658 g/mol. The molecule has 14 heteroatoms. The van der Waals surface area contributed by atoms with E-state index in [0.29, 0.717) is 17.6 Å². The number of aromatic nitrogens is 2. The van der Waals surface area contributed by atoms with Crippen molar-refractivity contribution in [1.82, 2.24) is 20.4 Å². The number of carbonyl (C=O) groups is 2. The standard InChI is InChI=1S/C16H22F3N3O.C16H25F2N3O2/c1-15(2,22-12-6-4-3-5-7-12)14(23)21-13-9-8-11(10-20-13)16(17,18)19;1-14(2,3)11-10-12(20-23-11)19-13(22)15(4,5)21-8-6-16(17,18)7-9-21/h8-10,12,22H,3-7H2,1-2H3,(H,20,21,23);10H,6-9H2,1-5H3,(H,19,20,22). The fraction of sp³-hybridized carbons (Fsp3) is 0.688. The molecule has 1 saturated carbocycles. The molecular weight excluding hydrogens is 611 g/mol. The molecule has 3 heterocycles. The molecule has 0 atom stereocenters. The number of nitrogens with one attached hydrogen (secondary N) is 3. The Morgan fingerprint density at radius 3 is 1.98 bits per heavy atom. The summed E-state index contributed by atoms with van der Waals surface area (Å²) in [6, 6.07) is 4.06. The minimum absolute atomic E-state index is 0.113. The van der Waals surface area contributed by atoms with Gasteiger partial charge in [-0.2, -0.15) is 13.2 Å². The summed E-state index contributed by atoms with van der Waals surface area (Å²) < 4.78 is 69.3. The molecule has 4 rings (SSSR count). The van der Waals surface area contributed by atoms with Gasteiger partial charge in [0, 0.05) is 49.7 Å². The molecule has 2 aliphatic rings. The van der Waals surface area contributed by atoms with Gasteiger partial charge in [0.25, 0.3) is 5.92 Å². The van der Waals surface area contributed by atoms with Crippen molar-refractivity contribution >= 4 is 23.5 Å². The number of nitrogens with zero attached hydrogens (tertiary/aromatic N) is 3. The molecule has 258 valence electrons. The third kappa shape index (κ3) is 10.4. The highest BCUT2D eigenvalue weighted by atomic mass is 19.4. The van der Waals surface area contributed by atoms with Gasteiger partial charge in [0.15, 0.2) is 5.82 Å². The van der Waals surface area contributed by atoms with Gasteiger partial charge in [-0.1, -0.05) is 45.2 Å².